The standard InChI is InChI=1S/C32H31F4N5O3/c1-21-29(39-16-15-38(28(42)20-39)17-22-9-4-2-5-10-22)30(43)41(19-27(37)23-11-6-3-7-12-23)31(44)40(21)18-24-25(32(34,35)36)13-8-14-26(24)33/h2-14,27H,15-20,37H2,1H3/t27-/m1/s1. The second-order valence-electron chi connectivity index (χ2n) is 10.7. The molecule has 1 fully saturated rings. The molecule has 230 valence electrons. The lowest BCUT2D eigenvalue weighted by Gasteiger charge is -2.36. The van der Waals surface area contributed by atoms with E-state index in [9.17, 15) is 31.9 Å². The van der Waals surface area contributed by atoms with Crippen molar-refractivity contribution in [3.8, 4) is 0 Å². The summed E-state index contributed by atoms with van der Waals surface area (Å²) in [7, 11) is 0. The zero-order valence-corrected chi connectivity index (χ0v) is 23.9. The van der Waals surface area contributed by atoms with Crippen molar-refractivity contribution in [2.24, 2.45) is 5.73 Å². The highest BCUT2D eigenvalue weighted by molar-refractivity contribution is 5.83. The maximum Gasteiger partial charge on any atom is 0.416 e. The fourth-order valence-electron chi connectivity index (χ4n) is 5.51. The molecule has 1 aromatic heterocycles. The molecule has 1 aliphatic heterocycles. The second-order valence-corrected chi connectivity index (χ2v) is 10.7. The minimum absolute atomic E-state index is 0.0187. The highest BCUT2D eigenvalue weighted by Gasteiger charge is 2.35. The number of piperazine rings is 1. The normalized spacial score (nSPS) is 14.6. The predicted molar refractivity (Wildman–Crippen MR) is 158 cm³/mol. The monoisotopic (exact) mass is 609 g/mol. The number of nitrogens with two attached hydrogens (primary N) is 1. The first-order chi connectivity index (χ1) is 21.0. The molecule has 44 heavy (non-hydrogen) atoms. The average molecular weight is 610 g/mol. The van der Waals surface area contributed by atoms with Crippen LogP contribution in [0.4, 0.5) is 23.2 Å². The average Bonchev–Trinajstić information content (AvgIpc) is 3.00. The van der Waals surface area contributed by atoms with Crippen LogP contribution in [0.5, 0.6) is 0 Å². The van der Waals surface area contributed by atoms with Gasteiger partial charge in [-0.15, -0.1) is 0 Å². The second kappa shape index (κ2) is 12.5. The molecule has 0 aliphatic carbocycles. The minimum Gasteiger partial charge on any atom is -0.355 e. The lowest BCUT2D eigenvalue weighted by Crippen LogP contribution is -2.53. The van der Waals surface area contributed by atoms with Gasteiger partial charge in [-0.1, -0.05) is 66.7 Å². The van der Waals surface area contributed by atoms with Gasteiger partial charge in [0.2, 0.25) is 5.91 Å². The molecule has 0 bridgehead atoms. The third kappa shape index (κ3) is 6.30. The Morgan fingerprint density at radius 3 is 2.14 bits per heavy atom. The number of nitrogens with zero attached hydrogens (tertiary/aromatic N) is 4. The van der Waals surface area contributed by atoms with Gasteiger partial charge in [0.05, 0.1) is 25.2 Å². The van der Waals surface area contributed by atoms with Gasteiger partial charge in [-0.25, -0.2) is 9.18 Å². The first-order valence-electron chi connectivity index (χ1n) is 14.0. The smallest absolute Gasteiger partial charge is 0.355 e. The SMILES string of the molecule is Cc1c(N2CCN(Cc3ccccc3)C(=O)C2)c(=O)n(C[C@@H](N)c2ccccc2)c(=O)n1Cc1c(F)cccc1C(F)(F)F. The number of aromatic nitrogens is 2. The van der Waals surface area contributed by atoms with Crippen molar-refractivity contribution < 1.29 is 22.4 Å². The summed E-state index contributed by atoms with van der Waals surface area (Å²) in [5, 5.41) is 0. The van der Waals surface area contributed by atoms with Crippen molar-refractivity contribution in [2.45, 2.75) is 38.8 Å². The molecule has 0 saturated carbocycles. The molecule has 0 radical (unpaired) electrons. The molecule has 2 heterocycles. The van der Waals surface area contributed by atoms with Crippen molar-refractivity contribution in [3.63, 3.8) is 0 Å². The molecule has 0 unspecified atom stereocenters. The summed E-state index contributed by atoms with van der Waals surface area (Å²) in [6, 6.07) is 19.9. The molecule has 2 N–H and O–H groups in total. The first kappa shape index (κ1) is 30.7. The summed E-state index contributed by atoms with van der Waals surface area (Å²) < 4.78 is 58.3. The molecule has 8 nitrogen and oxygen atoms in total. The minimum atomic E-state index is -4.89. The van der Waals surface area contributed by atoms with Crippen LogP contribution in [0, 0.1) is 12.7 Å². The third-order valence-electron chi connectivity index (χ3n) is 7.86. The van der Waals surface area contributed by atoms with E-state index in [0.717, 1.165) is 32.9 Å². The van der Waals surface area contributed by atoms with Gasteiger partial charge < -0.3 is 15.5 Å². The molecule has 1 amide bonds. The molecule has 12 heteroatoms. The highest BCUT2D eigenvalue weighted by Crippen LogP contribution is 2.33. The lowest BCUT2D eigenvalue weighted by atomic mass is 10.1. The van der Waals surface area contributed by atoms with E-state index in [1.165, 1.54) is 11.8 Å². The van der Waals surface area contributed by atoms with Crippen LogP contribution in [0.25, 0.3) is 0 Å². The van der Waals surface area contributed by atoms with E-state index in [4.69, 9.17) is 5.73 Å². The number of halogens is 4. The molecule has 1 aliphatic rings. The maximum absolute atomic E-state index is 14.9. The van der Waals surface area contributed by atoms with Crippen molar-refractivity contribution >= 4 is 11.6 Å². The van der Waals surface area contributed by atoms with E-state index in [0.29, 0.717) is 12.1 Å². The molecule has 0 spiro atoms. The van der Waals surface area contributed by atoms with Gasteiger partial charge in [0.25, 0.3) is 5.56 Å². The van der Waals surface area contributed by atoms with Crippen LogP contribution >= 0.6 is 0 Å². The number of hydrogen-bond acceptors (Lipinski definition) is 5. The first-order valence-corrected chi connectivity index (χ1v) is 14.0. The van der Waals surface area contributed by atoms with Gasteiger partial charge in [-0.2, -0.15) is 13.2 Å². The van der Waals surface area contributed by atoms with Crippen LogP contribution in [0.3, 0.4) is 0 Å². The van der Waals surface area contributed by atoms with Gasteiger partial charge in [-0.05, 0) is 30.2 Å². The van der Waals surface area contributed by atoms with Crippen LogP contribution in [-0.2, 0) is 30.6 Å². The Morgan fingerprint density at radius 1 is 0.841 bits per heavy atom. The third-order valence-corrected chi connectivity index (χ3v) is 7.86. The number of alkyl halides is 3. The van der Waals surface area contributed by atoms with E-state index in [1.807, 2.05) is 30.3 Å². The Balaban J connectivity index is 1.58. The zero-order chi connectivity index (χ0) is 31.6. The summed E-state index contributed by atoms with van der Waals surface area (Å²) >= 11 is 0. The van der Waals surface area contributed by atoms with E-state index in [2.05, 4.69) is 0 Å². The molecular formula is C32H31F4N5O3. The Labute approximate surface area is 250 Å². The number of carbonyl (C=O) groups excluding carboxylic acids is 1. The molecule has 1 atom stereocenters. The van der Waals surface area contributed by atoms with E-state index >= 15 is 0 Å². The number of benzene rings is 3. The Bertz CT molecular complexity index is 1770. The van der Waals surface area contributed by atoms with Gasteiger partial charge in [-0.3, -0.25) is 18.7 Å². The summed E-state index contributed by atoms with van der Waals surface area (Å²) in [5.41, 5.74) is 4.28. The number of hydrogen-bond donors (Lipinski definition) is 1. The number of amides is 1. The molecule has 1 saturated heterocycles. The van der Waals surface area contributed by atoms with Crippen LogP contribution in [0.1, 0.15) is 34.0 Å². The van der Waals surface area contributed by atoms with Crippen molar-refractivity contribution in [2.75, 3.05) is 24.5 Å². The van der Waals surface area contributed by atoms with E-state index in [-0.39, 0.29) is 43.5 Å². The predicted octanol–water partition coefficient (Wildman–Crippen LogP) is 4.07. The van der Waals surface area contributed by atoms with E-state index < -0.39 is 47.0 Å². The Kier molecular flexibility index (Phi) is 8.73. The van der Waals surface area contributed by atoms with Crippen molar-refractivity contribution in [1.29, 1.82) is 0 Å². The number of anilines is 1. The van der Waals surface area contributed by atoms with Gasteiger partial charge in [0.1, 0.15) is 11.5 Å². The lowest BCUT2D eigenvalue weighted by molar-refractivity contribution is -0.138. The van der Waals surface area contributed by atoms with Gasteiger partial charge >= 0.3 is 11.9 Å². The number of rotatable bonds is 8. The fraction of sp³-hybridized carbons (Fsp3) is 0.281. The number of carbonyl (C=O) groups is 1. The molecule has 4 aromatic rings. The summed E-state index contributed by atoms with van der Waals surface area (Å²) in [6.45, 7) is 0.998. The largest absolute Gasteiger partial charge is 0.416 e. The summed E-state index contributed by atoms with van der Waals surface area (Å²) in [4.78, 5) is 44.1. The Hall–Kier alpha value is -4.71. The fourth-order valence-corrected chi connectivity index (χ4v) is 5.51. The van der Waals surface area contributed by atoms with Crippen LogP contribution in [0.2, 0.25) is 0 Å². The van der Waals surface area contributed by atoms with E-state index in [1.54, 1.807) is 35.2 Å². The zero-order valence-electron chi connectivity index (χ0n) is 23.9. The summed E-state index contributed by atoms with van der Waals surface area (Å²) in [5.74, 6) is -1.41. The molecular weight excluding hydrogens is 578 g/mol. The van der Waals surface area contributed by atoms with Crippen LogP contribution < -0.4 is 21.9 Å². The summed E-state index contributed by atoms with van der Waals surface area (Å²) in [6.07, 6.45) is -4.89. The van der Waals surface area contributed by atoms with Crippen LogP contribution in [-0.4, -0.2) is 39.6 Å². The van der Waals surface area contributed by atoms with Crippen molar-refractivity contribution in [1.82, 2.24) is 14.0 Å². The van der Waals surface area contributed by atoms with Gasteiger partial charge in [0, 0.05) is 36.9 Å². The molecule has 3 aromatic carbocycles. The van der Waals surface area contributed by atoms with Crippen LogP contribution in [0.15, 0.2) is 88.5 Å². The maximum atomic E-state index is 14.9. The topological polar surface area (TPSA) is 93.6 Å². The van der Waals surface area contributed by atoms with Crippen molar-refractivity contribution in [3.05, 3.63) is 133 Å². The molecule has 5 rings (SSSR count). The van der Waals surface area contributed by atoms with Gasteiger partial charge in [0.15, 0.2) is 0 Å². The Morgan fingerprint density at radius 2 is 1.50 bits per heavy atom. The quantitative estimate of drug-likeness (QED) is 0.304. The highest BCUT2D eigenvalue weighted by atomic mass is 19.4.